The summed E-state index contributed by atoms with van der Waals surface area (Å²) in [4.78, 5) is 36.3. The van der Waals surface area contributed by atoms with E-state index >= 15 is 0 Å². The number of nitro benzene ring substituents is 1. The predicted octanol–water partition coefficient (Wildman–Crippen LogP) is 2.37. The summed E-state index contributed by atoms with van der Waals surface area (Å²) in [6, 6.07) is 12.7. The van der Waals surface area contributed by atoms with Gasteiger partial charge in [-0.15, -0.1) is 0 Å². The molecule has 0 saturated carbocycles. The van der Waals surface area contributed by atoms with Gasteiger partial charge in [-0.3, -0.25) is 30.0 Å². The van der Waals surface area contributed by atoms with E-state index in [1.807, 2.05) is 19.1 Å². The molecule has 3 rings (SSSR count). The second-order valence-electron chi connectivity index (χ2n) is 5.98. The number of hydrogen-bond acceptors (Lipinski definition) is 7. The molecule has 10 heteroatoms. The van der Waals surface area contributed by atoms with Gasteiger partial charge in [-0.1, -0.05) is 17.7 Å². The van der Waals surface area contributed by atoms with E-state index in [0.717, 1.165) is 5.56 Å². The molecule has 9 nitrogen and oxygen atoms in total. The third-order valence-corrected chi connectivity index (χ3v) is 4.27. The number of hydrazone groups is 1. The number of thiocarbonyl (C=S) groups is 1. The molecule has 1 heterocycles. The van der Waals surface area contributed by atoms with Gasteiger partial charge in [-0.2, -0.15) is 5.10 Å². The van der Waals surface area contributed by atoms with Crippen LogP contribution in [0, 0.1) is 23.0 Å². The number of carbonyl (C=O) groups excluding carboxylic acids is 2. The van der Waals surface area contributed by atoms with Gasteiger partial charge in [0.15, 0.2) is 11.0 Å². The van der Waals surface area contributed by atoms with Crippen molar-refractivity contribution < 1.29 is 14.5 Å². The number of nitrogens with zero attached hydrogens (tertiary/aromatic N) is 3. The summed E-state index contributed by atoms with van der Waals surface area (Å²) in [6.45, 7) is 1.92. The van der Waals surface area contributed by atoms with Gasteiger partial charge in [0.1, 0.15) is 0 Å². The van der Waals surface area contributed by atoms with Crippen LogP contribution in [0.2, 0.25) is 0 Å². The lowest BCUT2D eigenvalue weighted by atomic mass is 10.1. The summed E-state index contributed by atoms with van der Waals surface area (Å²) in [5.74, 6) is -2.27. The number of nitro groups is 1. The Morgan fingerprint density at radius 2 is 1.82 bits per heavy atom. The summed E-state index contributed by atoms with van der Waals surface area (Å²) >= 11 is 5.13. The first kappa shape index (κ1) is 19.1. The van der Waals surface area contributed by atoms with Crippen molar-refractivity contribution in [1.29, 1.82) is 0 Å². The SMILES string of the molecule is Cc1ccc(N2C(=O)[C@H](/C=N/Nc3ccc([N+](=O)[O-])cc3)C(=O)NC2=S)cc1. The van der Waals surface area contributed by atoms with Crippen LogP contribution in [0.3, 0.4) is 0 Å². The number of aryl methyl sites for hydroxylation is 1. The highest BCUT2D eigenvalue weighted by Gasteiger charge is 2.38. The zero-order valence-electron chi connectivity index (χ0n) is 14.7. The van der Waals surface area contributed by atoms with E-state index < -0.39 is 22.7 Å². The number of rotatable bonds is 5. The first-order valence-electron chi connectivity index (χ1n) is 8.16. The Balaban J connectivity index is 1.74. The van der Waals surface area contributed by atoms with E-state index in [1.54, 1.807) is 12.1 Å². The van der Waals surface area contributed by atoms with Crippen LogP contribution in [-0.2, 0) is 9.59 Å². The van der Waals surface area contributed by atoms with Crippen LogP contribution >= 0.6 is 12.2 Å². The van der Waals surface area contributed by atoms with Crippen molar-refractivity contribution in [2.75, 3.05) is 10.3 Å². The van der Waals surface area contributed by atoms with Crippen molar-refractivity contribution in [1.82, 2.24) is 5.32 Å². The molecule has 2 aromatic rings. The summed E-state index contributed by atoms with van der Waals surface area (Å²) < 4.78 is 0. The highest BCUT2D eigenvalue weighted by Crippen LogP contribution is 2.21. The van der Waals surface area contributed by atoms with Crippen LogP contribution in [0.4, 0.5) is 17.1 Å². The number of benzene rings is 2. The standard InChI is InChI=1S/C18H15N5O4S/c1-11-2-6-13(7-3-11)22-17(25)15(16(24)20-18(22)28)10-19-21-12-4-8-14(9-5-12)23(26)27/h2-10,15,21H,1H3,(H,20,24,28)/b19-10+/t15-/m1/s1. The Labute approximate surface area is 165 Å². The molecule has 142 valence electrons. The van der Waals surface area contributed by atoms with E-state index in [1.165, 1.54) is 35.4 Å². The van der Waals surface area contributed by atoms with Gasteiger partial charge in [0.05, 0.1) is 16.3 Å². The zero-order valence-corrected chi connectivity index (χ0v) is 15.5. The first-order chi connectivity index (χ1) is 13.4. The van der Waals surface area contributed by atoms with Crippen molar-refractivity contribution in [3.8, 4) is 0 Å². The largest absolute Gasteiger partial charge is 0.301 e. The molecule has 2 aromatic carbocycles. The van der Waals surface area contributed by atoms with Crippen LogP contribution in [0.15, 0.2) is 53.6 Å². The topological polar surface area (TPSA) is 117 Å². The number of amides is 2. The second kappa shape index (κ2) is 7.92. The third kappa shape index (κ3) is 4.01. The monoisotopic (exact) mass is 397 g/mol. The molecular weight excluding hydrogens is 382 g/mol. The maximum absolute atomic E-state index is 12.8. The molecule has 1 saturated heterocycles. The van der Waals surface area contributed by atoms with Crippen LogP contribution in [0.25, 0.3) is 0 Å². The van der Waals surface area contributed by atoms with Crippen LogP contribution in [-0.4, -0.2) is 28.1 Å². The van der Waals surface area contributed by atoms with Crippen LogP contribution < -0.4 is 15.6 Å². The van der Waals surface area contributed by atoms with E-state index in [2.05, 4.69) is 15.8 Å². The van der Waals surface area contributed by atoms with E-state index in [4.69, 9.17) is 12.2 Å². The molecule has 1 aliphatic rings. The number of non-ortho nitro benzene ring substituents is 1. The molecule has 0 unspecified atom stereocenters. The number of anilines is 2. The average molecular weight is 397 g/mol. The fourth-order valence-electron chi connectivity index (χ4n) is 2.50. The highest BCUT2D eigenvalue weighted by atomic mass is 32.1. The molecule has 1 fully saturated rings. The Bertz CT molecular complexity index is 972. The molecule has 2 amide bonds. The molecule has 1 atom stereocenters. The van der Waals surface area contributed by atoms with Crippen LogP contribution in [0.1, 0.15) is 5.56 Å². The summed E-state index contributed by atoms with van der Waals surface area (Å²) in [5.41, 5.74) is 4.61. The van der Waals surface area contributed by atoms with Crippen LogP contribution in [0.5, 0.6) is 0 Å². The Morgan fingerprint density at radius 1 is 1.18 bits per heavy atom. The molecule has 0 spiro atoms. The van der Waals surface area contributed by atoms with E-state index in [-0.39, 0.29) is 10.8 Å². The first-order valence-corrected chi connectivity index (χ1v) is 8.57. The van der Waals surface area contributed by atoms with Gasteiger partial charge >= 0.3 is 0 Å². The fourth-order valence-corrected chi connectivity index (χ4v) is 2.80. The quantitative estimate of drug-likeness (QED) is 0.263. The molecule has 1 aliphatic heterocycles. The molecule has 0 aromatic heterocycles. The smallest absolute Gasteiger partial charge is 0.269 e. The fraction of sp³-hybridized carbons (Fsp3) is 0.111. The van der Waals surface area contributed by atoms with Gasteiger partial charge < -0.3 is 5.32 Å². The molecule has 0 aliphatic carbocycles. The maximum atomic E-state index is 12.8. The molecule has 28 heavy (non-hydrogen) atoms. The predicted molar refractivity (Wildman–Crippen MR) is 108 cm³/mol. The van der Waals surface area contributed by atoms with E-state index in [9.17, 15) is 19.7 Å². The summed E-state index contributed by atoms with van der Waals surface area (Å²) in [7, 11) is 0. The second-order valence-corrected chi connectivity index (χ2v) is 6.36. The minimum atomic E-state index is -1.17. The third-order valence-electron chi connectivity index (χ3n) is 3.99. The number of carbonyl (C=O) groups is 2. The normalized spacial score (nSPS) is 17.0. The van der Waals surface area contributed by atoms with Gasteiger partial charge in [-0.25, -0.2) is 0 Å². The minimum Gasteiger partial charge on any atom is -0.301 e. The number of hydrogen-bond donors (Lipinski definition) is 2. The van der Waals surface area contributed by atoms with Crippen molar-refractivity contribution in [2.24, 2.45) is 11.0 Å². The van der Waals surface area contributed by atoms with E-state index in [0.29, 0.717) is 11.4 Å². The van der Waals surface area contributed by atoms with Gasteiger partial charge in [0.25, 0.3) is 11.6 Å². The minimum absolute atomic E-state index is 0.00633. The van der Waals surface area contributed by atoms with Crippen molar-refractivity contribution in [3.05, 3.63) is 64.2 Å². The van der Waals surface area contributed by atoms with Crippen molar-refractivity contribution in [3.63, 3.8) is 0 Å². The lowest BCUT2D eigenvalue weighted by Gasteiger charge is -2.30. The lowest BCUT2D eigenvalue weighted by molar-refractivity contribution is -0.384. The van der Waals surface area contributed by atoms with Gasteiger partial charge in [0.2, 0.25) is 5.91 Å². The number of nitrogens with one attached hydrogen (secondary N) is 2. The van der Waals surface area contributed by atoms with Crippen molar-refractivity contribution >= 4 is 52.4 Å². The molecule has 0 bridgehead atoms. The average Bonchev–Trinajstić information content (AvgIpc) is 2.66. The molecular formula is C18H15N5O4S. The van der Waals surface area contributed by atoms with Gasteiger partial charge in [0, 0.05) is 18.3 Å². The van der Waals surface area contributed by atoms with Gasteiger partial charge in [-0.05, 0) is 43.4 Å². The summed E-state index contributed by atoms with van der Waals surface area (Å²) in [5, 5.41) is 17.1. The molecule has 0 radical (unpaired) electrons. The summed E-state index contributed by atoms with van der Waals surface area (Å²) in [6.07, 6.45) is 1.17. The maximum Gasteiger partial charge on any atom is 0.269 e. The Morgan fingerprint density at radius 3 is 2.43 bits per heavy atom. The van der Waals surface area contributed by atoms with Crippen molar-refractivity contribution in [2.45, 2.75) is 6.92 Å². The molecule has 2 N–H and O–H groups in total. The lowest BCUT2D eigenvalue weighted by Crippen LogP contribution is -2.58. The highest BCUT2D eigenvalue weighted by molar-refractivity contribution is 7.80. The Kier molecular flexibility index (Phi) is 5.41. The Hall–Kier alpha value is -3.66. The zero-order chi connectivity index (χ0) is 20.3.